The third-order valence-corrected chi connectivity index (χ3v) is 5.32. The topological polar surface area (TPSA) is 37.4 Å². The molecule has 0 spiro atoms. The Balaban J connectivity index is 2.21. The Kier molecular flexibility index (Phi) is 4.22. The molecule has 0 bridgehead atoms. The molecule has 1 aliphatic heterocycles. The number of rotatable bonds is 4. The normalized spacial score (nSPS) is 17.5. The second-order valence-electron chi connectivity index (χ2n) is 4.19. The van der Waals surface area contributed by atoms with Gasteiger partial charge < -0.3 is 0 Å². The van der Waals surface area contributed by atoms with Crippen LogP contribution in [0.4, 0.5) is 0 Å². The molecule has 1 heterocycles. The van der Waals surface area contributed by atoms with E-state index in [-0.39, 0.29) is 0 Å². The third kappa shape index (κ3) is 2.89. The molecule has 0 unspecified atom stereocenters. The van der Waals surface area contributed by atoms with Crippen LogP contribution < -0.4 is 0 Å². The van der Waals surface area contributed by atoms with Gasteiger partial charge in [-0.05, 0) is 37.0 Å². The number of nitrogens with zero attached hydrogens (tertiary/aromatic N) is 1. The first kappa shape index (κ1) is 13.1. The molecule has 5 heteroatoms. The fourth-order valence-electron chi connectivity index (χ4n) is 2.01. The number of benzene rings is 1. The van der Waals surface area contributed by atoms with E-state index in [0.29, 0.717) is 18.0 Å². The van der Waals surface area contributed by atoms with E-state index in [2.05, 4.69) is 15.9 Å². The highest BCUT2D eigenvalue weighted by atomic mass is 79.9. The smallest absolute Gasteiger partial charge is 0.207 e. The summed E-state index contributed by atoms with van der Waals surface area (Å²) in [7, 11) is -3.25. The van der Waals surface area contributed by atoms with Crippen LogP contribution in [0.5, 0.6) is 0 Å². The minimum Gasteiger partial charge on any atom is -0.207 e. The van der Waals surface area contributed by atoms with Crippen LogP contribution in [0.1, 0.15) is 18.4 Å². The lowest BCUT2D eigenvalue weighted by Gasteiger charge is -2.15. The Morgan fingerprint density at radius 3 is 2.24 bits per heavy atom. The summed E-state index contributed by atoms with van der Waals surface area (Å²) in [6, 6.07) is 7.21. The van der Waals surface area contributed by atoms with E-state index in [9.17, 15) is 8.42 Å². The highest BCUT2D eigenvalue weighted by molar-refractivity contribution is 9.09. The highest BCUT2D eigenvalue weighted by Crippen LogP contribution is 2.21. The number of hydrogen-bond acceptors (Lipinski definition) is 2. The molecular weight excluding hydrogens is 302 g/mol. The molecule has 94 valence electrons. The van der Waals surface area contributed by atoms with Gasteiger partial charge in [-0.3, -0.25) is 0 Å². The number of sulfonamides is 1. The van der Waals surface area contributed by atoms with Crippen molar-refractivity contribution in [3.8, 4) is 0 Å². The van der Waals surface area contributed by atoms with E-state index < -0.39 is 10.0 Å². The molecule has 1 aliphatic rings. The molecule has 0 N–H and O–H groups in total. The van der Waals surface area contributed by atoms with Crippen molar-refractivity contribution >= 4 is 26.0 Å². The monoisotopic (exact) mass is 317 g/mol. The summed E-state index contributed by atoms with van der Waals surface area (Å²) >= 11 is 3.37. The van der Waals surface area contributed by atoms with E-state index in [1.54, 1.807) is 16.4 Å². The summed E-state index contributed by atoms with van der Waals surface area (Å²) in [4.78, 5) is 0.415. The van der Waals surface area contributed by atoms with Crippen LogP contribution in [0.15, 0.2) is 29.2 Å². The van der Waals surface area contributed by atoms with E-state index in [0.717, 1.165) is 30.2 Å². The van der Waals surface area contributed by atoms with Crippen molar-refractivity contribution < 1.29 is 8.42 Å². The maximum atomic E-state index is 12.2. The van der Waals surface area contributed by atoms with Gasteiger partial charge in [0.1, 0.15) is 0 Å². The summed E-state index contributed by atoms with van der Waals surface area (Å²) in [5.74, 6) is 0. The van der Waals surface area contributed by atoms with Crippen molar-refractivity contribution in [3.05, 3.63) is 29.8 Å². The average molecular weight is 318 g/mol. The Morgan fingerprint density at radius 2 is 1.71 bits per heavy atom. The highest BCUT2D eigenvalue weighted by Gasteiger charge is 2.26. The maximum Gasteiger partial charge on any atom is 0.243 e. The van der Waals surface area contributed by atoms with E-state index in [1.165, 1.54) is 0 Å². The molecule has 0 amide bonds. The van der Waals surface area contributed by atoms with Gasteiger partial charge in [0, 0.05) is 18.4 Å². The SMILES string of the molecule is O=S(=O)(c1ccc(CCBr)cc1)N1CCCC1. The van der Waals surface area contributed by atoms with Gasteiger partial charge in [0.2, 0.25) is 10.0 Å². The van der Waals surface area contributed by atoms with Crippen LogP contribution in [0.3, 0.4) is 0 Å². The van der Waals surface area contributed by atoms with Gasteiger partial charge in [0.25, 0.3) is 0 Å². The zero-order valence-electron chi connectivity index (χ0n) is 9.60. The largest absolute Gasteiger partial charge is 0.243 e. The Bertz CT molecular complexity index is 464. The quantitative estimate of drug-likeness (QED) is 0.800. The summed E-state index contributed by atoms with van der Waals surface area (Å²) in [5, 5.41) is 0.894. The molecular formula is C12H16BrNO2S. The number of alkyl halides is 1. The van der Waals surface area contributed by atoms with Gasteiger partial charge in [-0.1, -0.05) is 28.1 Å². The maximum absolute atomic E-state index is 12.2. The molecule has 0 atom stereocenters. The predicted molar refractivity (Wildman–Crippen MR) is 71.9 cm³/mol. The molecule has 0 aliphatic carbocycles. The molecule has 0 radical (unpaired) electrons. The van der Waals surface area contributed by atoms with Gasteiger partial charge in [0.05, 0.1) is 4.90 Å². The lowest BCUT2D eigenvalue weighted by molar-refractivity contribution is 0.477. The van der Waals surface area contributed by atoms with Crippen LogP contribution in [0, 0.1) is 0 Å². The van der Waals surface area contributed by atoms with Crippen LogP contribution >= 0.6 is 15.9 Å². The molecule has 0 saturated carbocycles. The van der Waals surface area contributed by atoms with Crippen molar-refractivity contribution in [2.75, 3.05) is 18.4 Å². The van der Waals surface area contributed by atoms with Crippen molar-refractivity contribution in [1.82, 2.24) is 4.31 Å². The zero-order chi connectivity index (χ0) is 12.3. The fraction of sp³-hybridized carbons (Fsp3) is 0.500. The Labute approximate surface area is 111 Å². The predicted octanol–water partition coefficient (Wildman–Crippen LogP) is 2.41. The van der Waals surface area contributed by atoms with Crippen LogP contribution in [0.2, 0.25) is 0 Å². The number of aryl methyl sites for hydroxylation is 1. The van der Waals surface area contributed by atoms with Crippen molar-refractivity contribution in [2.45, 2.75) is 24.2 Å². The van der Waals surface area contributed by atoms with E-state index in [1.807, 2.05) is 12.1 Å². The number of halogens is 1. The summed E-state index contributed by atoms with van der Waals surface area (Å²) in [6.07, 6.45) is 2.87. The van der Waals surface area contributed by atoms with Crippen LogP contribution in [-0.4, -0.2) is 31.1 Å². The van der Waals surface area contributed by atoms with Crippen LogP contribution in [-0.2, 0) is 16.4 Å². The first-order valence-electron chi connectivity index (χ1n) is 5.79. The fourth-order valence-corrected chi connectivity index (χ4v) is 3.99. The van der Waals surface area contributed by atoms with Crippen LogP contribution in [0.25, 0.3) is 0 Å². The van der Waals surface area contributed by atoms with Crippen molar-refractivity contribution in [1.29, 1.82) is 0 Å². The minimum absolute atomic E-state index is 0.415. The first-order chi connectivity index (χ1) is 8.14. The molecule has 17 heavy (non-hydrogen) atoms. The number of hydrogen-bond donors (Lipinski definition) is 0. The van der Waals surface area contributed by atoms with Crippen molar-refractivity contribution in [3.63, 3.8) is 0 Å². The molecule has 1 aromatic carbocycles. The van der Waals surface area contributed by atoms with E-state index in [4.69, 9.17) is 0 Å². The van der Waals surface area contributed by atoms with Crippen molar-refractivity contribution in [2.24, 2.45) is 0 Å². The minimum atomic E-state index is -3.25. The molecule has 1 aromatic rings. The third-order valence-electron chi connectivity index (χ3n) is 3.01. The lowest BCUT2D eigenvalue weighted by atomic mass is 10.2. The molecule has 1 fully saturated rings. The molecule has 3 nitrogen and oxygen atoms in total. The summed E-state index contributed by atoms with van der Waals surface area (Å²) < 4.78 is 26.0. The standard InChI is InChI=1S/C12H16BrNO2S/c13-8-7-11-3-5-12(6-4-11)17(15,16)14-9-1-2-10-14/h3-6H,1-2,7-10H2. The molecule has 0 aromatic heterocycles. The summed E-state index contributed by atoms with van der Waals surface area (Å²) in [6.45, 7) is 1.32. The molecule has 1 saturated heterocycles. The lowest BCUT2D eigenvalue weighted by Crippen LogP contribution is -2.27. The van der Waals surface area contributed by atoms with E-state index >= 15 is 0 Å². The van der Waals surface area contributed by atoms with Gasteiger partial charge in [-0.25, -0.2) is 8.42 Å². The van der Waals surface area contributed by atoms with Gasteiger partial charge in [0.15, 0.2) is 0 Å². The van der Waals surface area contributed by atoms with Gasteiger partial charge in [-0.2, -0.15) is 4.31 Å². The second kappa shape index (κ2) is 5.50. The Morgan fingerprint density at radius 1 is 1.12 bits per heavy atom. The second-order valence-corrected chi connectivity index (χ2v) is 6.93. The molecule has 2 rings (SSSR count). The average Bonchev–Trinajstić information content (AvgIpc) is 2.84. The Hall–Kier alpha value is -0.390. The van der Waals surface area contributed by atoms with Gasteiger partial charge >= 0.3 is 0 Å². The first-order valence-corrected chi connectivity index (χ1v) is 8.36. The van der Waals surface area contributed by atoms with Gasteiger partial charge in [-0.15, -0.1) is 0 Å². The zero-order valence-corrected chi connectivity index (χ0v) is 12.0. The summed E-state index contributed by atoms with van der Waals surface area (Å²) in [5.41, 5.74) is 1.15.